The van der Waals surface area contributed by atoms with E-state index in [0.29, 0.717) is 23.6 Å². The number of carbonyl (C=O) groups is 1. The number of aromatic nitrogens is 7. The number of sulfone groups is 1. The van der Waals surface area contributed by atoms with Crippen molar-refractivity contribution in [1.29, 1.82) is 0 Å². The van der Waals surface area contributed by atoms with Crippen LogP contribution in [-0.4, -0.2) is 72.6 Å². The van der Waals surface area contributed by atoms with E-state index in [0.717, 1.165) is 16.8 Å². The number of fused-ring (bicyclic) bond motifs is 4. The van der Waals surface area contributed by atoms with Gasteiger partial charge in [0.05, 0.1) is 32.9 Å². The molecule has 0 spiro atoms. The standard InChI is InChI=1S/C46H42ClF8N9O5S/c1-44(2,70(66,67)25-7-8-25)13-12-24-6-9-26(27-10-11-30(47)35-38(27)63(19-32(50)51)62-41(35)58-43-60-59-42(69-43)45(3,4)68-5)36(56-24)31(16-21-14-22(48)17-23(49)15-21)57-33(65)20-64-39-34(37(61-64)40(52)53)28-18-29(28)46(39,54)55/h6,9-11,14-15,17,25,28-29,31-32,40H,7-8,16,18-20H2,1-5H3,(H,57,65)(H,58,60,62)/t28-,29+,31-/m0/s1. The molecule has 0 radical (unpaired) electrons. The van der Waals surface area contributed by atoms with Crippen LogP contribution in [0, 0.1) is 29.4 Å². The number of nitrogens with one attached hydrogen (secondary N) is 2. The maximum Gasteiger partial charge on any atom is 0.321 e. The van der Waals surface area contributed by atoms with Crippen LogP contribution >= 0.6 is 11.6 Å². The number of ether oxygens (including phenoxy) is 1. The SMILES string of the molecule is COC(C)(C)c1nnc(Nc2nn(CC(F)F)c3c(-c4ccc(C#CC(C)(C)S(=O)(=O)C5CC5)nc4[C@H](Cc4cc(F)cc(F)c4)NC(=O)Cn4nc(C(F)F)c5c4C(F)(F)[C@@H]4C[C@H]54)ccc(Cl)c23)o1. The summed E-state index contributed by atoms with van der Waals surface area (Å²) in [5, 5.41) is 21.1. The summed E-state index contributed by atoms with van der Waals surface area (Å²) in [5.41, 5.74) is -3.18. The Morgan fingerprint density at radius 1 is 0.986 bits per heavy atom. The van der Waals surface area contributed by atoms with E-state index in [-0.39, 0.29) is 73.7 Å². The van der Waals surface area contributed by atoms with E-state index < -0.39 is 111 Å². The van der Waals surface area contributed by atoms with Crippen LogP contribution in [0.15, 0.2) is 46.9 Å². The van der Waals surface area contributed by atoms with Gasteiger partial charge in [0.15, 0.2) is 15.7 Å². The molecule has 2 fully saturated rings. The van der Waals surface area contributed by atoms with E-state index in [4.69, 9.17) is 25.7 Å². The molecule has 0 saturated heterocycles. The molecule has 3 aliphatic carbocycles. The van der Waals surface area contributed by atoms with Crippen LogP contribution in [0.4, 0.5) is 47.0 Å². The van der Waals surface area contributed by atoms with Gasteiger partial charge in [-0.25, -0.2) is 39.7 Å². The highest BCUT2D eigenvalue weighted by atomic mass is 35.5. The summed E-state index contributed by atoms with van der Waals surface area (Å²) >= 11 is 6.80. The lowest BCUT2D eigenvalue weighted by Gasteiger charge is -2.23. The third kappa shape index (κ3) is 8.97. The average molecular weight is 1020 g/mol. The zero-order valence-corrected chi connectivity index (χ0v) is 39.3. The molecule has 24 heteroatoms. The Hall–Kier alpha value is -6.12. The Kier molecular flexibility index (Phi) is 12.3. The van der Waals surface area contributed by atoms with Crippen molar-refractivity contribution in [2.45, 2.75) is 113 Å². The molecular weight excluding hydrogens is 978 g/mol. The normalized spacial score (nSPS) is 17.9. The number of hydrogen-bond donors (Lipinski definition) is 2. The van der Waals surface area contributed by atoms with Crippen molar-refractivity contribution >= 4 is 50.1 Å². The van der Waals surface area contributed by atoms with Gasteiger partial charge in [-0.3, -0.25) is 19.5 Å². The predicted octanol–water partition coefficient (Wildman–Crippen LogP) is 9.45. The first-order valence-corrected chi connectivity index (χ1v) is 23.7. The van der Waals surface area contributed by atoms with Crippen molar-refractivity contribution in [2.24, 2.45) is 5.92 Å². The van der Waals surface area contributed by atoms with Crippen LogP contribution in [0.25, 0.3) is 22.0 Å². The van der Waals surface area contributed by atoms with Gasteiger partial charge >= 0.3 is 6.01 Å². The zero-order valence-electron chi connectivity index (χ0n) is 37.7. The number of amides is 1. The molecule has 9 rings (SSSR count). The molecule has 4 heterocycles. The molecular formula is C46H42ClF8N9O5S. The highest BCUT2D eigenvalue weighted by Crippen LogP contribution is 2.68. The van der Waals surface area contributed by atoms with E-state index in [1.165, 1.54) is 45.2 Å². The van der Waals surface area contributed by atoms with Gasteiger partial charge in [-0.05, 0) is 101 Å². The lowest BCUT2D eigenvalue weighted by molar-refractivity contribution is -0.123. The van der Waals surface area contributed by atoms with E-state index in [9.17, 15) is 39.6 Å². The maximum atomic E-state index is 15.6. The van der Waals surface area contributed by atoms with Gasteiger partial charge in [-0.1, -0.05) is 28.7 Å². The Balaban J connectivity index is 1.21. The first kappa shape index (κ1) is 48.9. The fraction of sp³-hybridized carbons (Fsp3) is 0.435. The molecule has 4 aromatic heterocycles. The van der Waals surface area contributed by atoms with Gasteiger partial charge in [0.2, 0.25) is 11.8 Å². The molecule has 3 aliphatic rings. The summed E-state index contributed by atoms with van der Waals surface area (Å²) in [5.74, 6) is -3.26. The minimum atomic E-state index is -3.74. The summed E-state index contributed by atoms with van der Waals surface area (Å²) in [4.78, 5) is 19.0. The summed E-state index contributed by atoms with van der Waals surface area (Å²) in [7, 11) is -2.32. The topological polar surface area (TPSA) is 172 Å². The van der Waals surface area contributed by atoms with Crippen molar-refractivity contribution < 1.29 is 57.5 Å². The quantitative estimate of drug-likeness (QED) is 0.0699. The van der Waals surface area contributed by atoms with Crippen molar-refractivity contribution in [3.63, 3.8) is 0 Å². The molecule has 6 aromatic rings. The maximum absolute atomic E-state index is 15.6. The van der Waals surface area contributed by atoms with E-state index >= 15 is 8.78 Å². The molecule has 0 unspecified atom stereocenters. The van der Waals surface area contributed by atoms with Gasteiger partial charge in [0, 0.05) is 35.8 Å². The van der Waals surface area contributed by atoms with E-state index in [1.807, 2.05) is 0 Å². The minimum absolute atomic E-state index is 0.000672. The first-order chi connectivity index (χ1) is 32.9. The van der Waals surface area contributed by atoms with Crippen LogP contribution < -0.4 is 10.6 Å². The summed E-state index contributed by atoms with van der Waals surface area (Å²) in [6, 6.07) is 6.49. The molecule has 14 nitrogen and oxygen atoms in total. The number of benzene rings is 2. The molecule has 2 saturated carbocycles. The number of hydrogen-bond acceptors (Lipinski definition) is 11. The minimum Gasteiger partial charge on any atom is -0.405 e. The number of rotatable bonds is 16. The van der Waals surface area contributed by atoms with Crippen LogP contribution in [-0.2, 0) is 50.4 Å². The van der Waals surface area contributed by atoms with Crippen LogP contribution in [0.1, 0.15) is 105 Å². The highest BCUT2D eigenvalue weighted by Gasteiger charge is 2.67. The number of alkyl halides is 6. The second-order valence-electron chi connectivity index (χ2n) is 18.4. The largest absolute Gasteiger partial charge is 0.405 e. The van der Waals surface area contributed by atoms with E-state index in [2.05, 4.69) is 42.9 Å². The van der Waals surface area contributed by atoms with Crippen molar-refractivity contribution in [3.05, 3.63) is 98.9 Å². The van der Waals surface area contributed by atoms with Gasteiger partial charge < -0.3 is 14.5 Å². The number of methoxy groups -OCH3 is 1. The average Bonchev–Trinajstić information content (AvgIpc) is 4.16. The molecule has 2 N–H and O–H groups in total. The Labute approximate surface area is 399 Å². The molecule has 3 atom stereocenters. The number of halogens is 9. The highest BCUT2D eigenvalue weighted by molar-refractivity contribution is 7.93. The summed E-state index contributed by atoms with van der Waals surface area (Å²) in [6.45, 7) is 4.16. The molecule has 70 heavy (non-hydrogen) atoms. The second-order valence-corrected chi connectivity index (χ2v) is 21.6. The third-order valence-electron chi connectivity index (χ3n) is 12.7. The monoisotopic (exact) mass is 1020 g/mol. The lowest BCUT2D eigenvalue weighted by Crippen LogP contribution is -2.35. The van der Waals surface area contributed by atoms with Gasteiger partial charge in [-0.2, -0.15) is 19.0 Å². The van der Waals surface area contributed by atoms with Gasteiger partial charge in [0.25, 0.3) is 18.8 Å². The summed E-state index contributed by atoms with van der Waals surface area (Å²) < 4.78 is 156. The third-order valence-corrected chi connectivity index (χ3v) is 15.9. The smallest absolute Gasteiger partial charge is 0.321 e. The molecule has 0 bridgehead atoms. The van der Waals surface area contributed by atoms with Crippen molar-refractivity contribution in [2.75, 3.05) is 12.4 Å². The fourth-order valence-electron chi connectivity index (χ4n) is 8.81. The summed E-state index contributed by atoms with van der Waals surface area (Å²) in [6.07, 6.45) is -5.80. The number of anilines is 2. The van der Waals surface area contributed by atoms with Crippen LogP contribution in [0.3, 0.4) is 0 Å². The predicted molar refractivity (Wildman–Crippen MR) is 237 cm³/mol. The van der Waals surface area contributed by atoms with Crippen molar-refractivity contribution in [1.82, 2.24) is 40.1 Å². The number of nitrogens with zero attached hydrogens (tertiary/aromatic N) is 7. The van der Waals surface area contributed by atoms with Gasteiger partial charge in [-0.15, -0.1) is 5.10 Å². The van der Waals surface area contributed by atoms with Gasteiger partial charge in [0.1, 0.15) is 52.2 Å². The van der Waals surface area contributed by atoms with E-state index in [1.54, 1.807) is 13.8 Å². The Bertz CT molecular complexity index is 3230. The lowest BCUT2D eigenvalue weighted by atomic mass is 9.93. The van der Waals surface area contributed by atoms with Crippen LogP contribution in [0.2, 0.25) is 5.02 Å². The molecule has 2 aromatic carbocycles. The number of pyridine rings is 1. The Morgan fingerprint density at radius 3 is 2.34 bits per heavy atom. The molecule has 370 valence electrons. The fourth-order valence-corrected chi connectivity index (χ4v) is 10.8. The second kappa shape index (κ2) is 17.6. The molecule has 0 aliphatic heterocycles. The van der Waals surface area contributed by atoms with Crippen molar-refractivity contribution in [3.8, 4) is 23.0 Å². The molecule has 1 amide bonds. The first-order valence-electron chi connectivity index (χ1n) is 21.8. The number of carbonyl (C=O) groups excluding carboxylic acids is 1. The Morgan fingerprint density at radius 2 is 1.69 bits per heavy atom. The zero-order chi connectivity index (χ0) is 50.4. The van der Waals surface area contributed by atoms with Crippen LogP contribution in [0.5, 0.6) is 0 Å².